The van der Waals surface area contributed by atoms with Crippen LogP contribution in [0.3, 0.4) is 0 Å². The van der Waals surface area contributed by atoms with Gasteiger partial charge in [0.05, 0.1) is 0 Å². The molecule has 0 aliphatic heterocycles. The standard InChI is InChI=1S/C17H18Cl2N2O2/c1-11-7-15(8-12(2)16(11)19)23-10-21-17(22)20-9-13-3-5-14(18)6-4-13/h3-8H,9-10H2,1-2H3,(H2,20,21,22). The van der Waals surface area contributed by atoms with E-state index in [-0.39, 0.29) is 12.8 Å². The number of rotatable bonds is 5. The number of amides is 2. The van der Waals surface area contributed by atoms with Crippen molar-refractivity contribution in [3.8, 4) is 5.75 Å². The van der Waals surface area contributed by atoms with Gasteiger partial charge < -0.3 is 15.4 Å². The van der Waals surface area contributed by atoms with Crippen LogP contribution in [0.2, 0.25) is 10.0 Å². The summed E-state index contributed by atoms with van der Waals surface area (Å²) in [5.74, 6) is 0.669. The van der Waals surface area contributed by atoms with Crippen molar-refractivity contribution in [1.29, 1.82) is 0 Å². The van der Waals surface area contributed by atoms with E-state index < -0.39 is 0 Å². The molecular formula is C17H18Cl2N2O2. The Morgan fingerprint density at radius 2 is 1.65 bits per heavy atom. The van der Waals surface area contributed by atoms with Gasteiger partial charge in [0.15, 0.2) is 6.73 Å². The predicted octanol–water partition coefficient (Wildman–Crippen LogP) is 4.45. The van der Waals surface area contributed by atoms with Crippen LogP contribution in [0.1, 0.15) is 16.7 Å². The van der Waals surface area contributed by atoms with E-state index in [1.165, 1.54) is 0 Å². The van der Waals surface area contributed by atoms with Gasteiger partial charge in [0, 0.05) is 16.6 Å². The number of hydrogen-bond donors (Lipinski definition) is 2. The normalized spacial score (nSPS) is 10.3. The van der Waals surface area contributed by atoms with Crippen LogP contribution in [-0.4, -0.2) is 12.8 Å². The number of ether oxygens (including phenoxy) is 1. The lowest BCUT2D eigenvalue weighted by atomic mass is 10.1. The highest BCUT2D eigenvalue weighted by Crippen LogP contribution is 2.25. The summed E-state index contributed by atoms with van der Waals surface area (Å²) < 4.78 is 5.51. The summed E-state index contributed by atoms with van der Waals surface area (Å²) in [7, 11) is 0. The van der Waals surface area contributed by atoms with Gasteiger partial charge in [-0.3, -0.25) is 0 Å². The Hall–Kier alpha value is -1.91. The molecule has 122 valence electrons. The summed E-state index contributed by atoms with van der Waals surface area (Å²) >= 11 is 11.9. The number of urea groups is 1. The first-order chi connectivity index (χ1) is 11.0. The number of benzene rings is 2. The summed E-state index contributed by atoms with van der Waals surface area (Å²) in [6, 6.07) is 10.7. The summed E-state index contributed by atoms with van der Waals surface area (Å²) in [6.07, 6.45) is 0. The van der Waals surface area contributed by atoms with E-state index in [1.807, 2.05) is 38.1 Å². The van der Waals surface area contributed by atoms with Crippen LogP contribution >= 0.6 is 23.2 Å². The van der Waals surface area contributed by atoms with Gasteiger partial charge in [-0.05, 0) is 54.8 Å². The number of carbonyl (C=O) groups is 1. The van der Waals surface area contributed by atoms with E-state index in [1.54, 1.807) is 12.1 Å². The van der Waals surface area contributed by atoms with Crippen molar-refractivity contribution in [3.63, 3.8) is 0 Å². The molecule has 0 spiro atoms. The predicted molar refractivity (Wildman–Crippen MR) is 93.2 cm³/mol. The third-order valence-corrected chi connectivity index (χ3v) is 4.10. The first-order valence-electron chi connectivity index (χ1n) is 7.11. The van der Waals surface area contributed by atoms with Gasteiger partial charge in [0.25, 0.3) is 0 Å². The van der Waals surface area contributed by atoms with Gasteiger partial charge in [-0.1, -0.05) is 35.3 Å². The molecule has 0 heterocycles. The summed E-state index contributed by atoms with van der Waals surface area (Å²) in [5, 5.41) is 6.77. The van der Waals surface area contributed by atoms with E-state index in [9.17, 15) is 4.79 Å². The minimum atomic E-state index is -0.303. The van der Waals surface area contributed by atoms with E-state index >= 15 is 0 Å². The monoisotopic (exact) mass is 352 g/mol. The molecule has 0 fully saturated rings. The van der Waals surface area contributed by atoms with Crippen LogP contribution in [0.25, 0.3) is 0 Å². The minimum absolute atomic E-state index is 0.0764. The van der Waals surface area contributed by atoms with Crippen LogP contribution in [0.15, 0.2) is 36.4 Å². The van der Waals surface area contributed by atoms with Crippen LogP contribution in [0.5, 0.6) is 5.75 Å². The molecule has 0 aliphatic rings. The topological polar surface area (TPSA) is 50.4 Å². The number of hydrogen-bond acceptors (Lipinski definition) is 2. The van der Waals surface area contributed by atoms with Gasteiger partial charge in [-0.25, -0.2) is 4.79 Å². The first-order valence-corrected chi connectivity index (χ1v) is 7.87. The minimum Gasteiger partial charge on any atom is -0.473 e. The Morgan fingerprint density at radius 1 is 1.04 bits per heavy atom. The Bertz CT molecular complexity index is 664. The average Bonchev–Trinajstić information content (AvgIpc) is 2.52. The average molecular weight is 353 g/mol. The highest BCUT2D eigenvalue weighted by Gasteiger charge is 2.04. The number of nitrogens with one attached hydrogen (secondary N) is 2. The molecule has 0 bridgehead atoms. The lowest BCUT2D eigenvalue weighted by molar-refractivity contribution is 0.223. The fraction of sp³-hybridized carbons (Fsp3) is 0.235. The smallest absolute Gasteiger partial charge is 0.317 e. The Kier molecular flexibility index (Phi) is 6.13. The second-order valence-corrected chi connectivity index (χ2v) is 5.96. The molecule has 0 saturated carbocycles. The van der Waals surface area contributed by atoms with Crippen LogP contribution in [0, 0.1) is 13.8 Å². The highest BCUT2D eigenvalue weighted by atomic mass is 35.5. The molecule has 2 rings (SSSR count). The molecule has 0 atom stereocenters. The maximum absolute atomic E-state index is 11.7. The van der Waals surface area contributed by atoms with E-state index in [0.29, 0.717) is 17.3 Å². The molecule has 23 heavy (non-hydrogen) atoms. The molecular weight excluding hydrogens is 335 g/mol. The Balaban J connectivity index is 1.75. The van der Waals surface area contributed by atoms with Gasteiger partial charge in [0.1, 0.15) is 5.75 Å². The number of carbonyl (C=O) groups excluding carboxylic acids is 1. The van der Waals surface area contributed by atoms with Crippen molar-refractivity contribution >= 4 is 29.2 Å². The summed E-state index contributed by atoms with van der Waals surface area (Å²) in [6.45, 7) is 4.32. The molecule has 2 N–H and O–H groups in total. The molecule has 0 saturated heterocycles. The molecule has 2 aromatic rings. The molecule has 0 aliphatic carbocycles. The Morgan fingerprint density at radius 3 is 2.26 bits per heavy atom. The molecule has 0 unspecified atom stereocenters. The lowest BCUT2D eigenvalue weighted by Crippen LogP contribution is -2.37. The van der Waals surface area contributed by atoms with E-state index in [4.69, 9.17) is 27.9 Å². The number of halogens is 2. The van der Waals surface area contributed by atoms with Crippen molar-refractivity contribution in [1.82, 2.24) is 10.6 Å². The van der Waals surface area contributed by atoms with Gasteiger partial charge in [-0.2, -0.15) is 0 Å². The maximum atomic E-state index is 11.7. The van der Waals surface area contributed by atoms with Crippen molar-refractivity contribution in [2.75, 3.05) is 6.73 Å². The van der Waals surface area contributed by atoms with Crippen molar-refractivity contribution in [2.24, 2.45) is 0 Å². The van der Waals surface area contributed by atoms with Crippen LogP contribution in [-0.2, 0) is 6.54 Å². The largest absolute Gasteiger partial charge is 0.473 e. The first kappa shape index (κ1) is 17.4. The van der Waals surface area contributed by atoms with E-state index in [2.05, 4.69) is 10.6 Å². The summed E-state index contributed by atoms with van der Waals surface area (Å²) in [5.41, 5.74) is 2.84. The van der Waals surface area contributed by atoms with Gasteiger partial charge >= 0.3 is 6.03 Å². The lowest BCUT2D eigenvalue weighted by Gasteiger charge is -2.11. The van der Waals surface area contributed by atoms with Gasteiger partial charge in [-0.15, -0.1) is 0 Å². The molecule has 2 amide bonds. The van der Waals surface area contributed by atoms with Crippen molar-refractivity contribution < 1.29 is 9.53 Å². The maximum Gasteiger partial charge on any atom is 0.317 e. The third kappa shape index (κ3) is 5.34. The van der Waals surface area contributed by atoms with Crippen molar-refractivity contribution in [3.05, 3.63) is 63.1 Å². The zero-order chi connectivity index (χ0) is 16.8. The fourth-order valence-corrected chi connectivity index (χ4v) is 2.26. The molecule has 6 heteroatoms. The molecule has 4 nitrogen and oxygen atoms in total. The second-order valence-electron chi connectivity index (χ2n) is 5.15. The molecule has 0 aromatic heterocycles. The SMILES string of the molecule is Cc1cc(OCNC(=O)NCc2ccc(Cl)cc2)cc(C)c1Cl. The van der Waals surface area contributed by atoms with Gasteiger partial charge in [0.2, 0.25) is 0 Å². The zero-order valence-corrected chi connectivity index (χ0v) is 14.5. The second kappa shape index (κ2) is 8.09. The highest BCUT2D eigenvalue weighted by molar-refractivity contribution is 6.32. The zero-order valence-electron chi connectivity index (χ0n) is 13.0. The quantitative estimate of drug-likeness (QED) is 0.781. The fourth-order valence-electron chi connectivity index (χ4n) is 2.02. The Labute approximate surface area is 145 Å². The molecule has 0 radical (unpaired) electrons. The van der Waals surface area contributed by atoms with Crippen molar-refractivity contribution in [2.45, 2.75) is 20.4 Å². The molecule has 2 aromatic carbocycles. The number of aryl methyl sites for hydroxylation is 2. The van der Waals surface area contributed by atoms with Crippen LogP contribution < -0.4 is 15.4 Å². The van der Waals surface area contributed by atoms with E-state index in [0.717, 1.165) is 21.7 Å². The third-order valence-electron chi connectivity index (χ3n) is 3.25. The summed E-state index contributed by atoms with van der Waals surface area (Å²) in [4.78, 5) is 11.7. The van der Waals surface area contributed by atoms with Crippen LogP contribution in [0.4, 0.5) is 4.79 Å².